The number of nitrogens with one attached hydrogen (secondary N) is 1. The normalized spacial score (nSPS) is 13.8. The van der Waals surface area contributed by atoms with Gasteiger partial charge in [0.15, 0.2) is 0 Å². The fourth-order valence-electron chi connectivity index (χ4n) is 1.45. The summed E-state index contributed by atoms with van der Waals surface area (Å²) in [6.07, 6.45) is -0.290. The Morgan fingerprint density at radius 2 is 2.06 bits per heavy atom. The smallest absolute Gasteiger partial charge is 0.404 e. The van der Waals surface area contributed by atoms with E-state index in [0.29, 0.717) is 6.42 Å². The maximum absolute atomic E-state index is 10.6. The largest absolute Gasteiger partial charge is 0.465 e. The van der Waals surface area contributed by atoms with Crippen molar-refractivity contribution in [2.24, 2.45) is 0 Å². The second-order valence-corrected chi connectivity index (χ2v) is 3.47. The molecule has 0 heterocycles. The molecule has 0 saturated carbocycles. The molecule has 1 rings (SSSR count). The molecule has 16 heavy (non-hydrogen) atoms. The minimum absolute atomic E-state index is 0.431. The Kier molecular flexibility index (Phi) is 4.54. The van der Waals surface area contributed by atoms with Gasteiger partial charge in [-0.3, -0.25) is 0 Å². The first-order chi connectivity index (χ1) is 7.63. The van der Waals surface area contributed by atoms with Crippen molar-refractivity contribution in [3.05, 3.63) is 48.6 Å². The van der Waals surface area contributed by atoms with E-state index in [0.717, 1.165) is 5.56 Å². The van der Waals surface area contributed by atoms with Crippen molar-refractivity contribution in [2.75, 3.05) is 0 Å². The van der Waals surface area contributed by atoms with Crippen LogP contribution in [0, 0.1) is 0 Å². The van der Waals surface area contributed by atoms with E-state index < -0.39 is 18.2 Å². The number of aliphatic hydroxyl groups excluding tert-OH is 1. The van der Waals surface area contributed by atoms with Crippen LogP contribution in [0.5, 0.6) is 0 Å². The lowest BCUT2D eigenvalue weighted by molar-refractivity contribution is 0.151. The summed E-state index contributed by atoms with van der Waals surface area (Å²) in [7, 11) is 0. The molecule has 3 N–H and O–H groups in total. The molecule has 4 heteroatoms. The summed E-state index contributed by atoms with van der Waals surface area (Å²) in [5, 5.41) is 20.5. The Bertz CT molecular complexity index is 351. The zero-order chi connectivity index (χ0) is 12.0. The van der Waals surface area contributed by atoms with E-state index in [1.807, 2.05) is 30.3 Å². The number of aliphatic hydroxyl groups is 1. The van der Waals surface area contributed by atoms with Gasteiger partial charge in [0.1, 0.15) is 0 Å². The van der Waals surface area contributed by atoms with E-state index in [4.69, 9.17) is 5.11 Å². The summed E-state index contributed by atoms with van der Waals surface area (Å²) in [4.78, 5) is 10.6. The summed E-state index contributed by atoms with van der Waals surface area (Å²) in [6.45, 7) is 3.45. The maximum Gasteiger partial charge on any atom is 0.404 e. The van der Waals surface area contributed by atoms with Gasteiger partial charge in [-0.1, -0.05) is 36.4 Å². The number of benzene rings is 1. The Morgan fingerprint density at radius 1 is 1.44 bits per heavy atom. The lowest BCUT2D eigenvalue weighted by Crippen LogP contribution is -2.43. The monoisotopic (exact) mass is 221 g/mol. The van der Waals surface area contributed by atoms with Gasteiger partial charge in [-0.05, 0) is 12.0 Å². The average Bonchev–Trinajstić information content (AvgIpc) is 2.28. The number of carbonyl (C=O) groups is 1. The molecule has 0 bridgehead atoms. The zero-order valence-corrected chi connectivity index (χ0v) is 8.84. The van der Waals surface area contributed by atoms with Crippen LogP contribution in [0.4, 0.5) is 4.79 Å². The molecule has 86 valence electrons. The maximum atomic E-state index is 10.6. The van der Waals surface area contributed by atoms with E-state index in [2.05, 4.69) is 11.9 Å². The van der Waals surface area contributed by atoms with E-state index >= 15 is 0 Å². The minimum atomic E-state index is -1.15. The van der Waals surface area contributed by atoms with Crippen molar-refractivity contribution in [3.63, 3.8) is 0 Å². The third-order valence-electron chi connectivity index (χ3n) is 2.26. The van der Waals surface area contributed by atoms with Gasteiger partial charge >= 0.3 is 6.09 Å². The molecule has 0 aliphatic rings. The predicted octanol–water partition coefficient (Wildman–Crippen LogP) is 1.41. The molecule has 2 atom stereocenters. The third-order valence-corrected chi connectivity index (χ3v) is 2.26. The topological polar surface area (TPSA) is 69.6 Å². The van der Waals surface area contributed by atoms with Crippen LogP contribution in [0.2, 0.25) is 0 Å². The fraction of sp³-hybridized carbons (Fsp3) is 0.250. The number of amides is 1. The first kappa shape index (κ1) is 12.3. The molecule has 0 unspecified atom stereocenters. The quantitative estimate of drug-likeness (QED) is 0.658. The number of hydrogen-bond donors (Lipinski definition) is 3. The third kappa shape index (κ3) is 3.74. The Labute approximate surface area is 94.2 Å². The summed E-state index contributed by atoms with van der Waals surface area (Å²) in [5.41, 5.74) is 0.960. The zero-order valence-electron chi connectivity index (χ0n) is 8.84. The lowest BCUT2D eigenvalue weighted by Gasteiger charge is -2.20. The SMILES string of the molecule is C=C[C@H](O)[C@H](Cc1ccccc1)NC(=O)O. The average molecular weight is 221 g/mol. The van der Waals surface area contributed by atoms with Gasteiger partial charge in [-0.25, -0.2) is 4.79 Å². The van der Waals surface area contributed by atoms with Crippen LogP contribution in [-0.4, -0.2) is 28.5 Å². The molecule has 0 aliphatic carbocycles. The standard InChI is InChI=1S/C12H15NO3/c1-2-11(14)10(13-12(15)16)8-9-6-4-3-5-7-9/h2-7,10-11,13-14H,1,8H2,(H,15,16)/t10-,11-/m0/s1. The van der Waals surface area contributed by atoms with Crippen molar-refractivity contribution in [1.82, 2.24) is 5.32 Å². The van der Waals surface area contributed by atoms with Crippen LogP contribution in [0.25, 0.3) is 0 Å². The van der Waals surface area contributed by atoms with Crippen molar-refractivity contribution >= 4 is 6.09 Å². The molecule has 0 saturated heterocycles. The summed E-state index contributed by atoms with van der Waals surface area (Å²) in [5.74, 6) is 0. The van der Waals surface area contributed by atoms with E-state index in [-0.39, 0.29) is 0 Å². The molecule has 0 spiro atoms. The van der Waals surface area contributed by atoms with Gasteiger partial charge < -0.3 is 15.5 Å². The first-order valence-electron chi connectivity index (χ1n) is 4.97. The number of rotatable bonds is 5. The van der Waals surface area contributed by atoms with Crippen LogP contribution in [0.15, 0.2) is 43.0 Å². The first-order valence-corrected chi connectivity index (χ1v) is 4.97. The molecule has 0 aromatic heterocycles. The molecule has 1 amide bonds. The minimum Gasteiger partial charge on any atom is -0.465 e. The van der Waals surface area contributed by atoms with Gasteiger partial charge in [0.2, 0.25) is 0 Å². The van der Waals surface area contributed by atoms with Crippen LogP contribution in [-0.2, 0) is 6.42 Å². The van der Waals surface area contributed by atoms with Gasteiger partial charge in [-0.2, -0.15) is 0 Å². The van der Waals surface area contributed by atoms with Crippen molar-refractivity contribution in [2.45, 2.75) is 18.6 Å². The van der Waals surface area contributed by atoms with Crippen molar-refractivity contribution in [3.8, 4) is 0 Å². The van der Waals surface area contributed by atoms with Crippen molar-refractivity contribution < 1.29 is 15.0 Å². The molecule has 1 aromatic rings. The number of hydrogen-bond acceptors (Lipinski definition) is 2. The fourth-order valence-corrected chi connectivity index (χ4v) is 1.45. The van der Waals surface area contributed by atoms with Crippen LogP contribution < -0.4 is 5.32 Å². The highest BCUT2D eigenvalue weighted by Gasteiger charge is 2.18. The summed E-state index contributed by atoms with van der Waals surface area (Å²) < 4.78 is 0. The second-order valence-electron chi connectivity index (χ2n) is 3.47. The van der Waals surface area contributed by atoms with Gasteiger partial charge in [0, 0.05) is 0 Å². The summed E-state index contributed by atoms with van der Waals surface area (Å²) in [6, 6.07) is 8.81. The highest BCUT2D eigenvalue weighted by molar-refractivity contribution is 5.65. The molecular weight excluding hydrogens is 206 g/mol. The molecule has 0 fully saturated rings. The molecule has 0 aliphatic heterocycles. The van der Waals surface area contributed by atoms with Crippen LogP contribution >= 0.6 is 0 Å². The Hall–Kier alpha value is -1.81. The van der Waals surface area contributed by atoms with E-state index in [1.54, 1.807) is 0 Å². The molecule has 0 radical (unpaired) electrons. The predicted molar refractivity (Wildman–Crippen MR) is 61.3 cm³/mol. The van der Waals surface area contributed by atoms with E-state index in [1.165, 1.54) is 6.08 Å². The Balaban J connectivity index is 2.70. The Morgan fingerprint density at radius 3 is 2.56 bits per heavy atom. The number of carboxylic acid groups (broad SMARTS) is 1. The molecule has 1 aromatic carbocycles. The van der Waals surface area contributed by atoms with Gasteiger partial charge in [0.25, 0.3) is 0 Å². The van der Waals surface area contributed by atoms with Crippen molar-refractivity contribution in [1.29, 1.82) is 0 Å². The van der Waals surface area contributed by atoms with E-state index in [9.17, 15) is 9.90 Å². The van der Waals surface area contributed by atoms with Crippen LogP contribution in [0.1, 0.15) is 5.56 Å². The highest BCUT2D eigenvalue weighted by atomic mass is 16.4. The lowest BCUT2D eigenvalue weighted by atomic mass is 10.0. The van der Waals surface area contributed by atoms with Gasteiger partial charge in [0.05, 0.1) is 12.1 Å². The summed E-state index contributed by atoms with van der Waals surface area (Å²) >= 11 is 0. The highest BCUT2D eigenvalue weighted by Crippen LogP contribution is 2.06. The van der Waals surface area contributed by atoms with Crippen LogP contribution in [0.3, 0.4) is 0 Å². The molecule has 4 nitrogen and oxygen atoms in total. The molecular formula is C12H15NO3. The second kappa shape index (κ2) is 5.92. The van der Waals surface area contributed by atoms with Gasteiger partial charge in [-0.15, -0.1) is 6.58 Å².